The van der Waals surface area contributed by atoms with Crippen LogP contribution in [-0.2, 0) is 0 Å². The fourth-order valence-corrected chi connectivity index (χ4v) is 2.71. The predicted molar refractivity (Wildman–Crippen MR) is 92.3 cm³/mol. The second-order valence-corrected chi connectivity index (χ2v) is 6.33. The second-order valence-electron chi connectivity index (χ2n) is 6.33. The number of aromatic hydroxyl groups is 1. The monoisotopic (exact) mass is 376 g/mol. The third-order valence-corrected chi connectivity index (χ3v) is 4.21. The summed E-state index contributed by atoms with van der Waals surface area (Å²) in [6.45, 7) is 2.13. The number of aromatic carboxylic acids is 1. The number of rotatable bonds is 13. The minimum Gasteiger partial charge on any atom is -0.504 e. The van der Waals surface area contributed by atoms with Crippen molar-refractivity contribution in [1.82, 2.24) is 0 Å². The van der Waals surface area contributed by atoms with Crippen molar-refractivity contribution in [3.8, 4) is 11.5 Å². The highest BCUT2D eigenvalue weighted by Crippen LogP contribution is 2.35. The molecule has 0 radical (unpaired) electrons. The van der Waals surface area contributed by atoms with E-state index in [4.69, 9.17) is 9.84 Å². The molecular weight excluding hydrogens is 349 g/mol. The van der Waals surface area contributed by atoms with Crippen LogP contribution in [0.3, 0.4) is 0 Å². The van der Waals surface area contributed by atoms with Crippen LogP contribution in [0.4, 0.5) is 13.2 Å². The SMILES string of the molecule is CCCCCCCCCCCCOc1c(F)c(O)c(C(=O)O)c(F)c1F. The molecule has 7 heteroatoms. The summed E-state index contributed by atoms with van der Waals surface area (Å²) in [5, 5.41) is 18.1. The Morgan fingerprint density at radius 3 is 1.85 bits per heavy atom. The average Bonchev–Trinajstić information content (AvgIpc) is 2.60. The Hall–Kier alpha value is -1.92. The van der Waals surface area contributed by atoms with Crippen molar-refractivity contribution in [2.45, 2.75) is 71.1 Å². The highest BCUT2D eigenvalue weighted by molar-refractivity contribution is 5.91. The molecular formula is C19H27F3O4. The molecule has 0 unspecified atom stereocenters. The zero-order chi connectivity index (χ0) is 19.5. The Morgan fingerprint density at radius 1 is 0.846 bits per heavy atom. The van der Waals surface area contributed by atoms with Gasteiger partial charge >= 0.3 is 5.97 Å². The third-order valence-electron chi connectivity index (χ3n) is 4.21. The molecule has 0 spiro atoms. The molecule has 0 amide bonds. The molecule has 0 atom stereocenters. The molecule has 0 aliphatic heterocycles. The number of ether oxygens (including phenoxy) is 1. The minimum atomic E-state index is -1.96. The van der Waals surface area contributed by atoms with E-state index in [1.807, 2.05) is 0 Å². The first kappa shape index (κ1) is 22.1. The van der Waals surface area contributed by atoms with E-state index in [0.29, 0.717) is 6.42 Å². The first-order valence-corrected chi connectivity index (χ1v) is 9.17. The van der Waals surface area contributed by atoms with Gasteiger partial charge in [0, 0.05) is 0 Å². The van der Waals surface area contributed by atoms with Crippen LogP contribution >= 0.6 is 0 Å². The topological polar surface area (TPSA) is 66.8 Å². The van der Waals surface area contributed by atoms with E-state index in [2.05, 4.69) is 6.92 Å². The number of unbranched alkanes of at least 4 members (excludes halogenated alkanes) is 9. The van der Waals surface area contributed by atoms with Gasteiger partial charge in [-0.2, -0.15) is 8.78 Å². The fourth-order valence-electron chi connectivity index (χ4n) is 2.71. The van der Waals surface area contributed by atoms with E-state index in [1.165, 1.54) is 32.1 Å². The van der Waals surface area contributed by atoms with E-state index in [9.17, 15) is 23.1 Å². The summed E-state index contributed by atoms with van der Waals surface area (Å²) < 4.78 is 46.1. The molecule has 148 valence electrons. The summed E-state index contributed by atoms with van der Waals surface area (Å²) in [5.74, 6) is -9.69. The lowest BCUT2D eigenvalue weighted by Crippen LogP contribution is -2.09. The van der Waals surface area contributed by atoms with Crippen molar-refractivity contribution in [2.75, 3.05) is 6.61 Å². The zero-order valence-electron chi connectivity index (χ0n) is 15.1. The Labute approximate surface area is 152 Å². The van der Waals surface area contributed by atoms with Crippen LogP contribution in [0.1, 0.15) is 81.5 Å². The first-order valence-electron chi connectivity index (χ1n) is 9.17. The normalized spacial score (nSPS) is 10.9. The Bertz CT molecular complexity index is 562. The number of carbonyl (C=O) groups is 1. The average molecular weight is 376 g/mol. The lowest BCUT2D eigenvalue weighted by molar-refractivity contribution is 0.0685. The van der Waals surface area contributed by atoms with Crippen molar-refractivity contribution in [3.05, 3.63) is 23.0 Å². The number of phenols is 1. The van der Waals surface area contributed by atoms with Crippen LogP contribution in [0.15, 0.2) is 0 Å². The zero-order valence-corrected chi connectivity index (χ0v) is 15.1. The molecule has 0 bridgehead atoms. The standard InChI is InChI=1S/C19H27F3O4/c1-2-3-4-5-6-7-8-9-10-11-12-26-18-15(21)14(20)13(19(24)25)17(23)16(18)22/h23H,2-12H2,1H3,(H,24,25). The van der Waals surface area contributed by atoms with Crippen LogP contribution in [-0.4, -0.2) is 22.8 Å². The molecule has 4 nitrogen and oxygen atoms in total. The van der Waals surface area contributed by atoms with Crippen LogP contribution in [0.5, 0.6) is 11.5 Å². The van der Waals surface area contributed by atoms with Crippen molar-refractivity contribution >= 4 is 5.97 Å². The smallest absolute Gasteiger partial charge is 0.342 e. The molecule has 2 N–H and O–H groups in total. The first-order chi connectivity index (χ1) is 12.4. The second kappa shape index (κ2) is 11.6. The molecule has 0 heterocycles. The Kier molecular flexibility index (Phi) is 9.91. The Balaban J connectivity index is 2.35. The van der Waals surface area contributed by atoms with Gasteiger partial charge in [0.05, 0.1) is 6.61 Å². The van der Waals surface area contributed by atoms with Gasteiger partial charge in [0.2, 0.25) is 11.6 Å². The summed E-state index contributed by atoms with van der Waals surface area (Å²) in [6, 6.07) is 0. The van der Waals surface area contributed by atoms with E-state index in [-0.39, 0.29) is 6.61 Å². The molecule has 0 aromatic heterocycles. The molecule has 0 aliphatic rings. The van der Waals surface area contributed by atoms with Crippen LogP contribution in [0.25, 0.3) is 0 Å². The van der Waals surface area contributed by atoms with Crippen molar-refractivity contribution in [2.24, 2.45) is 0 Å². The number of carboxylic acid groups (broad SMARTS) is 1. The van der Waals surface area contributed by atoms with Crippen molar-refractivity contribution < 1.29 is 32.9 Å². The van der Waals surface area contributed by atoms with Gasteiger partial charge in [-0.1, -0.05) is 64.7 Å². The number of hydrogen-bond acceptors (Lipinski definition) is 3. The molecule has 0 aliphatic carbocycles. The molecule has 0 fully saturated rings. The molecule has 1 aromatic carbocycles. The lowest BCUT2D eigenvalue weighted by Gasteiger charge is -2.12. The third kappa shape index (κ3) is 6.42. The van der Waals surface area contributed by atoms with Crippen molar-refractivity contribution in [3.63, 3.8) is 0 Å². The van der Waals surface area contributed by atoms with Gasteiger partial charge in [-0.05, 0) is 6.42 Å². The van der Waals surface area contributed by atoms with Crippen LogP contribution < -0.4 is 4.74 Å². The predicted octanol–water partition coefficient (Wildman–Crippen LogP) is 5.81. The highest BCUT2D eigenvalue weighted by Gasteiger charge is 2.29. The maximum absolute atomic E-state index is 13.8. The van der Waals surface area contributed by atoms with E-state index < -0.39 is 40.5 Å². The lowest BCUT2D eigenvalue weighted by atomic mass is 10.1. The Morgan fingerprint density at radius 2 is 1.35 bits per heavy atom. The van der Waals surface area contributed by atoms with Gasteiger partial charge in [0.15, 0.2) is 17.3 Å². The molecule has 0 saturated heterocycles. The quantitative estimate of drug-likeness (QED) is 0.337. The van der Waals surface area contributed by atoms with Gasteiger partial charge in [0.1, 0.15) is 5.56 Å². The van der Waals surface area contributed by atoms with Gasteiger partial charge in [-0.15, -0.1) is 0 Å². The number of hydrogen-bond donors (Lipinski definition) is 2. The summed E-state index contributed by atoms with van der Waals surface area (Å²) in [7, 11) is 0. The van der Waals surface area contributed by atoms with Gasteiger partial charge in [-0.3, -0.25) is 0 Å². The molecule has 0 saturated carbocycles. The summed E-state index contributed by atoms with van der Waals surface area (Å²) >= 11 is 0. The maximum Gasteiger partial charge on any atom is 0.342 e. The van der Waals surface area contributed by atoms with Gasteiger partial charge < -0.3 is 14.9 Å². The van der Waals surface area contributed by atoms with E-state index in [0.717, 1.165) is 25.7 Å². The van der Waals surface area contributed by atoms with Gasteiger partial charge in [-0.25, -0.2) is 9.18 Å². The van der Waals surface area contributed by atoms with E-state index >= 15 is 0 Å². The van der Waals surface area contributed by atoms with Crippen molar-refractivity contribution in [1.29, 1.82) is 0 Å². The summed E-state index contributed by atoms with van der Waals surface area (Å²) in [4.78, 5) is 10.7. The van der Waals surface area contributed by atoms with E-state index in [1.54, 1.807) is 0 Å². The molecule has 26 heavy (non-hydrogen) atoms. The maximum atomic E-state index is 13.8. The largest absolute Gasteiger partial charge is 0.504 e. The number of carboxylic acids is 1. The van der Waals surface area contributed by atoms with Crippen LogP contribution in [0, 0.1) is 17.5 Å². The summed E-state index contributed by atoms with van der Waals surface area (Å²) in [5.41, 5.74) is -1.44. The fraction of sp³-hybridized carbons (Fsp3) is 0.632. The molecule has 1 aromatic rings. The van der Waals surface area contributed by atoms with Crippen LogP contribution in [0.2, 0.25) is 0 Å². The number of benzene rings is 1. The minimum absolute atomic E-state index is 0.0460. The molecule has 1 rings (SSSR count). The highest BCUT2D eigenvalue weighted by atomic mass is 19.2. The number of halogens is 3. The summed E-state index contributed by atoms with van der Waals surface area (Å²) in [6.07, 6.45) is 10.8. The van der Waals surface area contributed by atoms with Gasteiger partial charge in [0.25, 0.3) is 0 Å².